The number of methoxy groups -OCH3 is 2. The summed E-state index contributed by atoms with van der Waals surface area (Å²) in [5.41, 5.74) is 7.93. The van der Waals surface area contributed by atoms with Gasteiger partial charge in [-0.1, -0.05) is 0 Å². The second-order valence-corrected chi connectivity index (χ2v) is 5.47. The number of nitrogen functional groups attached to an aromatic ring is 1. The van der Waals surface area contributed by atoms with E-state index in [1.54, 1.807) is 36.4 Å². The van der Waals surface area contributed by atoms with Crippen LogP contribution in [-0.2, 0) is 4.79 Å². The molecule has 7 nitrogen and oxygen atoms in total. The number of benzene rings is 2. The third-order valence-electron chi connectivity index (χ3n) is 3.84. The minimum Gasteiger partial charge on any atom is -0.493 e. The largest absolute Gasteiger partial charge is 0.493 e. The molecule has 0 aliphatic carbocycles. The molecule has 0 aliphatic heterocycles. The molecular weight excluding hydrogens is 322 g/mol. The maximum Gasteiger partial charge on any atom is 0.330 e. The Bertz CT molecular complexity index is 788. The fraction of sp³-hybridized carbons (Fsp3) is 0.222. The van der Waals surface area contributed by atoms with Crippen LogP contribution in [0.1, 0.15) is 22.7 Å². The first kappa shape index (κ1) is 18.1. The number of carboxylic acid groups (broad SMARTS) is 1. The molecule has 0 fully saturated rings. The number of anilines is 1. The Kier molecular flexibility index (Phi) is 5.49. The molecule has 2 rings (SSSR count). The Labute approximate surface area is 145 Å². The summed E-state index contributed by atoms with van der Waals surface area (Å²) in [7, 11) is 3.03. The second kappa shape index (κ2) is 7.57. The first-order valence-electron chi connectivity index (χ1n) is 7.53. The number of hydrogen-bond acceptors (Lipinski definition) is 5. The molecule has 0 aromatic heterocycles. The molecule has 0 spiro atoms. The van der Waals surface area contributed by atoms with Gasteiger partial charge in [0.15, 0.2) is 17.5 Å². The van der Waals surface area contributed by atoms with Gasteiger partial charge in [-0.15, -0.1) is 0 Å². The monoisotopic (exact) mass is 343 g/mol. The van der Waals surface area contributed by atoms with Crippen molar-refractivity contribution in [1.82, 2.24) is 0 Å². The number of aryl methyl sites for hydroxylation is 1. The van der Waals surface area contributed by atoms with Crippen molar-refractivity contribution in [3.8, 4) is 11.5 Å². The van der Waals surface area contributed by atoms with Crippen LogP contribution < -0.4 is 20.5 Å². The van der Waals surface area contributed by atoms with Crippen LogP contribution in [0.4, 0.5) is 5.69 Å². The molecular formula is C18H21N3O4. The quantitative estimate of drug-likeness (QED) is 0.453. The summed E-state index contributed by atoms with van der Waals surface area (Å²) < 4.78 is 10.5. The Morgan fingerprint density at radius 1 is 1.16 bits per heavy atom. The van der Waals surface area contributed by atoms with Crippen LogP contribution in [0.5, 0.6) is 11.5 Å². The van der Waals surface area contributed by atoms with Crippen LogP contribution in [0.25, 0.3) is 0 Å². The highest BCUT2D eigenvalue weighted by atomic mass is 16.5. The fourth-order valence-electron chi connectivity index (χ4n) is 2.49. The highest BCUT2D eigenvalue weighted by Gasteiger charge is 2.23. The lowest BCUT2D eigenvalue weighted by atomic mass is 9.99. The van der Waals surface area contributed by atoms with E-state index < -0.39 is 12.0 Å². The van der Waals surface area contributed by atoms with E-state index in [0.717, 1.165) is 5.56 Å². The molecule has 0 heterocycles. The molecule has 132 valence electrons. The topological polar surface area (TPSA) is 118 Å². The van der Waals surface area contributed by atoms with Gasteiger partial charge in [0, 0.05) is 11.3 Å². The van der Waals surface area contributed by atoms with Crippen molar-refractivity contribution < 1.29 is 19.4 Å². The van der Waals surface area contributed by atoms with E-state index in [1.807, 2.05) is 6.92 Å². The van der Waals surface area contributed by atoms with Gasteiger partial charge in [-0.3, -0.25) is 5.41 Å². The third-order valence-corrected chi connectivity index (χ3v) is 3.84. The number of nitrogens with two attached hydrogens (primary N) is 1. The van der Waals surface area contributed by atoms with Gasteiger partial charge in [-0.25, -0.2) is 4.79 Å². The molecule has 25 heavy (non-hydrogen) atoms. The normalized spacial score (nSPS) is 11.5. The predicted molar refractivity (Wildman–Crippen MR) is 95.7 cm³/mol. The van der Waals surface area contributed by atoms with E-state index in [1.165, 1.54) is 14.2 Å². The van der Waals surface area contributed by atoms with Gasteiger partial charge < -0.3 is 25.6 Å². The molecule has 0 aliphatic rings. The number of ether oxygens (including phenoxy) is 2. The third kappa shape index (κ3) is 4.00. The van der Waals surface area contributed by atoms with Crippen molar-refractivity contribution in [2.75, 3.05) is 19.5 Å². The number of nitrogens with one attached hydrogen (secondary N) is 2. The summed E-state index contributed by atoms with van der Waals surface area (Å²) in [5, 5.41) is 20.0. The van der Waals surface area contributed by atoms with Gasteiger partial charge in [0.05, 0.1) is 14.2 Å². The van der Waals surface area contributed by atoms with E-state index in [9.17, 15) is 9.90 Å². The molecule has 2 aromatic carbocycles. The Balaban J connectivity index is 2.38. The lowest BCUT2D eigenvalue weighted by Gasteiger charge is -2.20. The van der Waals surface area contributed by atoms with Crippen LogP contribution in [0.3, 0.4) is 0 Å². The zero-order chi connectivity index (χ0) is 18.6. The zero-order valence-electron chi connectivity index (χ0n) is 14.3. The maximum atomic E-state index is 11.8. The molecule has 0 amide bonds. The van der Waals surface area contributed by atoms with Crippen molar-refractivity contribution in [3.63, 3.8) is 0 Å². The van der Waals surface area contributed by atoms with Gasteiger partial charge in [-0.2, -0.15) is 0 Å². The predicted octanol–water partition coefficient (Wildman–Crippen LogP) is 2.53. The summed E-state index contributed by atoms with van der Waals surface area (Å²) >= 11 is 0. The molecule has 0 radical (unpaired) electrons. The molecule has 0 saturated heterocycles. The number of rotatable bonds is 7. The molecule has 5 N–H and O–H groups in total. The number of carboxylic acids is 1. The van der Waals surface area contributed by atoms with Gasteiger partial charge in [0.2, 0.25) is 0 Å². The van der Waals surface area contributed by atoms with Crippen LogP contribution in [0, 0.1) is 12.3 Å². The SMILES string of the molecule is COc1cc(C)c(C(Nc2ccc(C(=N)N)cc2)C(=O)O)cc1OC. The Morgan fingerprint density at radius 2 is 1.72 bits per heavy atom. The Hall–Kier alpha value is -3.22. The second-order valence-electron chi connectivity index (χ2n) is 5.47. The van der Waals surface area contributed by atoms with Crippen LogP contribution in [0.2, 0.25) is 0 Å². The number of carbonyl (C=O) groups is 1. The van der Waals surface area contributed by atoms with E-state index in [0.29, 0.717) is 28.3 Å². The molecule has 7 heteroatoms. The zero-order valence-corrected chi connectivity index (χ0v) is 14.3. The van der Waals surface area contributed by atoms with Crippen LogP contribution >= 0.6 is 0 Å². The minimum absolute atomic E-state index is 0.0444. The first-order valence-corrected chi connectivity index (χ1v) is 7.53. The van der Waals surface area contributed by atoms with E-state index in [-0.39, 0.29) is 5.84 Å². The lowest BCUT2D eigenvalue weighted by molar-refractivity contribution is -0.138. The smallest absolute Gasteiger partial charge is 0.330 e. The fourth-order valence-corrected chi connectivity index (χ4v) is 2.49. The molecule has 0 saturated carbocycles. The molecule has 1 atom stereocenters. The van der Waals surface area contributed by atoms with Gasteiger partial charge in [-0.05, 0) is 54.4 Å². The van der Waals surface area contributed by atoms with Crippen molar-refractivity contribution in [2.45, 2.75) is 13.0 Å². The Morgan fingerprint density at radius 3 is 2.20 bits per heavy atom. The number of hydrogen-bond donors (Lipinski definition) is 4. The van der Waals surface area contributed by atoms with Crippen molar-refractivity contribution in [1.29, 1.82) is 5.41 Å². The van der Waals surface area contributed by atoms with Crippen molar-refractivity contribution in [3.05, 3.63) is 53.1 Å². The van der Waals surface area contributed by atoms with Gasteiger partial charge >= 0.3 is 5.97 Å². The number of amidine groups is 1. The van der Waals surface area contributed by atoms with Crippen molar-refractivity contribution in [2.24, 2.45) is 5.73 Å². The first-order chi connectivity index (χ1) is 11.9. The summed E-state index contributed by atoms with van der Waals surface area (Å²) in [6.45, 7) is 1.81. The number of aliphatic carboxylic acids is 1. The maximum absolute atomic E-state index is 11.8. The van der Waals surface area contributed by atoms with Gasteiger partial charge in [0.25, 0.3) is 0 Å². The minimum atomic E-state index is -1.02. The summed E-state index contributed by atoms with van der Waals surface area (Å²) in [5.74, 6) is -0.0650. The highest BCUT2D eigenvalue weighted by molar-refractivity contribution is 5.95. The molecule has 0 bridgehead atoms. The average Bonchev–Trinajstić information content (AvgIpc) is 2.59. The van der Waals surface area contributed by atoms with E-state index in [2.05, 4.69) is 5.32 Å². The lowest BCUT2D eigenvalue weighted by Crippen LogP contribution is -2.21. The average molecular weight is 343 g/mol. The van der Waals surface area contributed by atoms with Crippen molar-refractivity contribution >= 4 is 17.5 Å². The van der Waals surface area contributed by atoms with E-state index in [4.69, 9.17) is 20.6 Å². The summed E-state index contributed by atoms with van der Waals surface area (Å²) in [6.07, 6.45) is 0. The molecule has 1 unspecified atom stereocenters. The van der Waals surface area contributed by atoms with E-state index >= 15 is 0 Å². The van der Waals surface area contributed by atoms with Gasteiger partial charge in [0.1, 0.15) is 5.84 Å². The summed E-state index contributed by atoms with van der Waals surface area (Å²) in [6, 6.07) is 9.11. The highest BCUT2D eigenvalue weighted by Crippen LogP contribution is 2.34. The van der Waals surface area contributed by atoms with Crippen LogP contribution in [-0.4, -0.2) is 31.1 Å². The standard InChI is InChI=1S/C18H21N3O4/c1-10-8-14(24-2)15(25-3)9-13(10)16(18(22)23)21-12-6-4-11(5-7-12)17(19)20/h4-9,16,21H,1-3H3,(H3,19,20)(H,22,23). The molecule has 2 aromatic rings. The summed E-state index contributed by atoms with van der Waals surface area (Å²) in [4.78, 5) is 11.8. The van der Waals surface area contributed by atoms with Crippen LogP contribution in [0.15, 0.2) is 36.4 Å².